The van der Waals surface area contributed by atoms with E-state index in [9.17, 15) is 21.6 Å². The molecule has 0 saturated heterocycles. The third-order valence-corrected chi connectivity index (χ3v) is 4.53. The van der Waals surface area contributed by atoms with Gasteiger partial charge in [-0.1, -0.05) is 0 Å². The van der Waals surface area contributed by atoms with Crippen LogP contribution >= 0.6 is 28.3 Å². The summed E-state index contributed by atoms with van der Waals surface area (Å²) in [6.45, 7) is 0.582. The minimum absolute atomic E-state index is 0. The standard InChI is InChI=1S/C10H12BrF3N2O3S.ClH/c1-15-4-5-16-20(17,18)9-3-2-7(6-8(9)11)19-10(12,13)14;/h2-3,6,15-16H,4-5H2,1H3;1H. The molecule has 0 aromatic heterocycles. The highest BCUT2D eigenvalue weighted by Gasteiger charge is 2.31. The number of hydrogen-bond donors (Lipinski definition) is 2. The minimum atomic E-state index is -4.83. The Kier molecular flexibility index (Phi) is 7.97. The van der Waals surface area contributed by atoms with E-state index in [2.05, 4.69) is 30.7 Å². The molecule has 0 heterocycles. The van der Waals surface area contributed by atoms with Crippen molar-refractivity contribution < 1.29 is 26.3 Å². The smallest absolute Gasteiger partial charge is 0.406 e. The number of hydrogen-bond acceptors (Lipinski definition) is 4. The summed E-state index contributed by atoms with van der Waals surface area (Å²) < 4.78 is 65.9. The van der Waals surface area contributed by atoms with Gasteiger partial charge in [-0.2, -0.15) is 0 Å². The number of nitrogens with one attached hydrogen (secondary N) is 2. The van der Waals surface area contributed by atoms with Crippen LogP contribution in [0.5, 0.6) is 5.75 Å². The monoisotopic (exact) mass is 412 g/mol. The fourth-order valence-electron chi connectivity index (χ4n) is 1.28. The van der Waals surface area contributed by atoms with E-state index in [-0.39, 0.29) is 28.3 Å². The zero-order valence-corrected chi connectivity index (χ0v) is 13.9. The molecule has 0 unspecified atom stereocenters. The molecule has 122 valence electrons. The van der Waals surface area contributed by atoms with Crippen LogP contribution in [0.2, 0.25) is 0 Å². The van der Waals surface area contributed by atoms with Crippen molar-refractivity contribution in [1.82, 2.24) is 10.0 Å². The highest BCUT2D eigenvalue weighted by molar-refractivity contribution is 9.10. The van der Waals surface area contributed by atoms with Gasteiger partial charge < -0.3 is 10.1 Å². The largest absolute Gasteiger partial charge is 0.573 e. The van der Waals surface area contributed by atoms with Crippen LogP contribution in [-0.4, -0.2) is 34.9 Å². The first-order valence-corrected chi connectivity index (χ1v) is 7.63. The minimum Gasteiger partial charge on any atom is -0.406 e. The second-order valence-electron chi connectivity index (χ2n) is 3.64. The molecule has 0 aliphatic carbocycles. The first-order valence-electron chi connectivity index (χ1n) is 5.35. The molecule has 21 heavy (non-hydrogen) atoms. The van der Waals surface area contributed by atoms with Crippen molar-refractivity contribution in [3.8, 4) is 5.75 Å². The summed E-state index contributed by atoms with van der Waals surface area (Å²) in [4.78, 5) is -0.164. The van der Waals surface area contributed by atoms with E-state index in [0.717, 1.165) is 18.2 Å². The first-order chi connectivity index (χ1) is 9.15. The predicted octanol–water partition coefficient (Wildman–Crippen LogP) is 2.27. The van der Waals surface area contributed by atoms with Crippen LogP contribution in [0.4, 0.5) is 13.2 Å². The third-order valence-electron chi connectivity index (χ3n) is 2.09. The quantitative estimate of drug-likeness (QED) is 0.702. The molecular weight excluding hydrogens is 401 g/mol. The lowest BCUT2D eigenvalue weighted by atomic mass is 10.3. The topological polar surface area (TPSA) is 67.4 Å². The van der Waals surface area contributed by atoms with Crippen LogP contribution in [0.3, 0.4) is 0 Å². The lowest BCUT2D eigenvalue weighted by Crippen LogP contribution is -2.30. The fraction of sp³-hybridized carbons (Fsp3) is 0.400. The molecule has 0 radical (unpaired) electrons. The Morgan fingerprint density at radius 1 is 1.29 bits per heavy atom. The maximum atomic E-state index is 12.0. The Hall–Kier alpha value is -0.550. The van der Waals surface area contributed by atoms with Crippen molar-refractivity contribution >= 4 is 38.4 Å². The van der Waals surface area contributed by atoms with Gasteiger partial charge in [0.15, 0.2) is 0 Å². The Morgan fingerprint density at radius 3 is 2.38 bits per heavy atom. The highest BCUT2D eigenvalue weighted by atomic mass is 79.9. The molecule has 0 aliphatic rings. The number of halogens is 5. The summed E-state index contributed by atoms with van der Waals surface area (Å²) in [6.07, 6.45) is -4.83. The maximum Gasteiger partial charge on any atom is 0.573 e. The van der Waals surface area contributed by atoms with Crippen LogP contribution in [0, 0.1) is 0 Å². The summed E-state index contributed by atoms with van der Waals surface area (Å²) in [6, 6.07) is 2.91. The molecule has 5 nitrogen and oxygen atoms in total. The summed E-state index contributed by atoms with van der Waals surface area (Å²) in [5.74, 6) is -0.501. The van der Waals surface area contributed by atoms with E-state index >= 15 is 0 Å². The lowest BCUT2D eigenvalue weighted by molar-refractivity contribution is -0.274. The lowest BCUT2D eigenvalue weighted by Gasteiger charge is -2.12. The summed E-state index contributed by atoms with van der Waals surface area (Å²) in [5.41, 5.74) is 0. The number of likely N-dealkylation sites (N-methyl/N-ethyl adjacent to an activating group) is 1. The molecule has 1 rings (SSSR count). The van der Waals surface area contributed by atoms with E-state index in [4.69, 9.17) is 0 Å². The van der Waals surface area contributed by atoms with Gasteiger partial charge in [0.2, 0.25) is 10.0 Å². The molecule has 0 bridgehead atoms. The van der Waals surface area contributed by atoms with Gasteiger partial charge in [-0.15, -0.1) is 25.6 Å². The molecule has 0 fully saturated rings. The average Bonchev–Trinajstić information content (AvgIpc) is 2.26. The zero-order chi connectivity index (χ0) is 15.4. The molecule has 0 saturated carbocycles. The van der Waals surface area contributed by atoms with Gasteiger partial charge in [0.25, 0.3) is 0 Å². The zero-order valence-electron chi connectivity index (χ0n) is 10.7. The van der Waals surface area contributed by atoms with E-state index in [1.165, 1.54) is 0 Å². The van der Waals surface area contributed by atoms with Crippen LogP contribution < -0.4 is 14.8 Å². The van der Waals surface area contributed by atoms with Crippen LogP contribution in [0.15, 0.2) is 27.6 Å². The van der Waals surface area contributed by atoms with Crippen LogP contribution in [-0.2, 0) is 10.0 Å². The van der Waals surface area contributed by atoms with Crippen molar-refractivity contribution in [2.24, 2.45) is 0 Å². The second-order valence-corrected chi connectivity index (χ2v) is 6.23. The SMILES string of the molecule is CNCCNS(=O)(=O)c1ccc(OC(F)(F)F)cc1Br.Cl. The molecule has 0 amide bonds. The Labute approximate surface area is 134 Å². The third kappa shape index (κ3) is 6.83. The summed E-state index contributed by atoms with van der Waals surface area (Å²) in [7, 11) is -2.14. The molecule has 0 spiro atoms. The number of sulfonamides is 1. The van der Waals surface area contributed by atoms with E-state index in [1.807, 2.05) is 0 Å². The van der Waals surface area contributed by atoms with Gasteiger partial charge in [-0.25, -0.2) is 13.1 Å². The van der Waals surface area contributed by atoms with Crippen molar-refractivity contribution in [1.29, 1.82) is 0 Å². The molecule has 0 aliphatic heterocycles. The molecular formula is C10H13BrClF3N2O3S. The Balaban J connectivity index is 0.00000400. The average molecular weight is 414 g/mol. The number of rotatable bonds is 6. The Morgan fingerprint density at radius 2 is 1.90 bits per heavy atom. The molecule has 11 heteroatoms. The van der Waals surface area contributed by atoms with Crippen LogP contribution in [0.25, 0.3) is 0 Å². The molecule has 1 aromatic rings. The van der Waals surface area contributed by atoms with Gasteiger partial charge in [0.05, 0.1) is 4.90 Å². The van der Waals surface area contributed by atoms with Crippen molar-refractivity contribution in [3.63, 3.8) is 0 Å². The maximum absolute atomic E-state index is 12.0. The molecule has 0 atom stereocenters. The highest BCUT2D eigenvalue weighted by Crippen LogP contribution is 2.29. The second kappa shape index (κ2) is 8.18. The molecule has 2 N–H and O–H groups in total. The Bertz CT molecular complexity index is 569. The van der Waals surface area contributed by atoms with Gasteiger partial charge >= 0.3 is 6.36 Å². The van der Waals surface area contributed by atoms with Gasteiger partial charge in [-0.3, -0.25) is 0 Å². The van der Waals surface area contributed by atoms with Crippen molar-refractivity contribution in [2.75, 3.05) is 20.1 Å². The number of benzene rings is 1. The molecule has 1 aromatic carbocycles. The predicted molar refractivity (Wildman–Crippen MR) is 77.2 cm³/mol. The number of alkyl halides is 3. The van der Waals surface area contributed by atoms with E-state index in [1.54, 1.807) is 7.05 Å². The van der Waals surface area contributed by atoms with Crippen molar-refractivity contribution in [3.05, 3.63) is 22.7 Å². The van der Waals surface area contributed by atoms with Crippen molar-refractivity contribution in [2.45, 2.75) is 11.3 Å². The number of ether oxygens (including phenoxy) is 1. The summed E-state index contributed by atoms with van der Waals surface area (Å²) in [5, 5.41) is 2.76. The van der Waals surface area contributed by atoms with E-state index in [0.29, 0.717) is 6.54 Å². The van der Waals surface area contributed by atoms with Crippen LogP contribution in [0.1, 0.15) is 0 Å². The fourth-order valence-corrected chi connectivity index (χ4v) is 3.37. The first kappa shape index (κ1) is 20.5. The van der Waals surface area contributed by atoms with Gasteiger partial charge in [-0.05, 0) is 41.2 Å². The summed E-state index contributed by atoms with van der Waals surface area (Å²) >= 11 is 2.92. The van der Waals surface area contributed by atoms with Gasteiger partial charge in [0.1, 0.15) is 5.75 Å². The van der Waals surface area contributed by atoms with Gasteiger partial charge in [0, 0.05) is 17.6 Å². The normalized spacial score (nSPS) is 11.9. The van der Waals surface area contributed by atoms with E-state index < -0.39 is 22.1 Å².